The summed E-state index contributed by atoms with van der Waals surface area (Å²) in [5.41, 5.74) is 4.21. The number of aromatic nitrogens is 1. The first-order valence-electron chi connectivity index (χ1n) is 13.2. The van der Waals surface area contributed by atoms with Gasteiger partial charge >= 0.3 is 10.2 Å². The molecule has 0 saturated heterocycles. The van der Waals surface area contributed by atoms with Gasteiger partial charge in [0.05, 0.1) is 5.52 Å². The highest BCUT2D eigenvalue weighted by Gasteiger charge is 2.41. The summed E-state index contributed by atoms with van der Waals surface area (Å²) in [4.78, 5) is 2.36. The number of rotatable bonds is 7. The Labute approximate surface area is 210 Å². The molecule has 188 valence electrons. The van der Waals surface area contributed by atoms with Gasteiger partial charge in [0.25, 0.3) is 0 Å². The summed E-state index contributed by atoms with van der Waals surface area (Å²) >= 11 is 0. The van der Waals surface area contributed by atoms with E-state index in [1.54, 1.807) is 0 Å². The van der Waals surface area contributed by atoms with Gasteiger partial charge < -0.3 is 0 Å². The number of para-hydroxylation sites is 1. The molecule has 2 aromatic carbocycles. The average Bonchev–Trinajstić information content (AvgIpc) is 3.49. The van der Waals surface area contributed by atoms with E-state index < -0.39 is 10.2 Å². The molecule has 0 atom stereocenters. The molecular weight excluding hydrogens is 454 g/mol. The van der Waals surface area contributed by atoms with E-state index in [-0.39, 0.29) is 11.5 Å². The summed E-state index contributed by atoms with van der Waals surface area (Å²) in [6.07, 6.45) is 11.2. The molecule has 0 bridgehead atoms. The summed E-state index contributed by atoms with van der Waals surface area (Å²) in [7, 11) is 0.420. The molecule has 1 aromatic heterocycles. The largest absolute Gasteiger partial charge is 0.303 e. The van der Waals surface area contributed by atoms with Gasteiger partial charge in [0.15, 0.2) is 0 Å². The van der Waals surface area contributed by atoms with Crippen molar-refractivity contribution < 1.29 is 8.42 Å². The second-order valence-electron chi connectivity index (χ2n) is 10.9. The van der Waals surface area contributed by atoms with Crippen molar-refractivity contribution in [2.45, 2.75) is 75.7 Å². The van der Waals surface area contributed by atoms with Crippen LogP contribution in [0.4, 0.5) is 0 Å². The molecule has 0 aliphatic heterocycles. The molecule has 0 spiro atoms. The number of benzene rings is 2. The number of hydrogen-bond acceptors (Lipinski definition) is 3. The fourth-order valence-electron chi connectivity index (χ4n) is 7.00. The molecule has 2 aliphatic carbocycles. The van der Waals surface area contributed by atoms with Gasteiger partial charge in [-0.2, -0.15) is 8.42 Å². The van der Waals surface area contributed by atoms with E-state index in [9.17, 15) is 8.42 Å². The van der Waals surface area contributed by atoms with E-state index in [0.29, 0.717) is 0 Å². The number of aryl methyl sites for hydroxylation is 1. The molecule has 1 heterocycles. The Morgan fingerprint density at radius 2 is 1.57 bits per heavy atom. The van der Waals surface area contributed by atoms with Crippen LogP contribution in [0.2, 0.25) is 0 Å². The Kier molecular flexibility index (Phi) is 6.81. The summed E-state index contributed by atoms with van der Waals surface area (Å²) in [6, 6.07) is 18.7. The zero-order valence-corrected chi connectivity index (χ0v) is 21.9. The van der Waals surface area contributed by atoms with Gasteiger partial charge in [-0.25, -0.2) is 9.11 Å². The van der Waals surface area contributed by atoms with Gasteiger partial charge in [-0.15, -0.1) is 0 Å². The number of hydrogen-bond donors (Lipinski definition) is 1. The van der Waals surface area contributed by atoms with Gasteiger partial charge in [0.1, 0.15) is 0 Å². The SMILES string of the molecule is CN(C)C1(c2ccccc2)CCC(c2c(CCC3CCCC3)c3ccccc3n2S(N)(=O)=O)CC1. The van der Waals surface area contributed by atoms with Crippen molar-refractivity contribution in [1.29, 1.82) is 0 Å². The minimum atomic E-state index is -3.92. The molecule has 5 rings (SSSR count). The Balaban J connectivity index is 1.55. The molecule has 0 unspecified atom stereocenters. The number of nitrogens with zero attached hydrogens (tertiary/aromatic N) is 2. The molecule has 5 nitrogen and oxygen atoms in total. The number of nitrogens with two attached hydrogens (primary N) is 1. The van der Waals surface area contributed by atoms with Crippen LogP contribution in [0.3, 0.4) is 0 Å². The fourth-order valence-corrected chi connectivity index (χ4v) is 7.97. The van der Waals surface area contributed by atoms with E-state index in [1.807, 2.05) is 18.2 Å². The summed E-state index contributed by atoms with van der Waals surface area (Å²) in [5.74, 6) is 0.932. The number of fused-ring (bicyclic) bond motifs is 1. The van der Waals surface area contributed by atoms with Crippen molar-refractivity contribution in [3.8, 4) is 0 Å². The maximum Gasteiger partial charge on any atom is 0.303 e. The minimum Gasteiger partial charge on any atom is -0.300 e. The summed E-state index contributed by atoms with van der Waals surface area (Å²) in [6.45, 7) is 0. The van der Waals surface area contributed by atoms with Gasteiger partial charge in [-0.3, -0.25) is 4.90 Å². The molecule has 2 saturated carbocycles. The first-order chi connectivity index (χ1) is 16.8. The second kappa shape index (κ2) is 9.72. The predicted molar refractivity (Wildman–Crippen MR) is 144 cm³/mol. The lowest BCUT2D eigenvalue weighted by molar-refractivity contribution is 0.0902. The van der Waals surface area contributed by atoms with E-state index >= 15 is 0 Å². The minimum absolute atomic E-state index is 0.0276. The Hall–Kier alpha value is -2.15. The van der Waals surface area contributed by atoms with E-state index in [1.165, 1.54) is 40.8 Å². The van der Waals surface area contributed by atoms with Crippen molar-refractivity contribution in [3.63, 3.8) is 0 Å². The highest BCUT2D eigenvalue weighted by atomic mass is 32.2. The Morgan fingerprint density at radius 1 is 0.943 bits per heavy atom. The van der Waals surface area contributed by atoms with Crippen LogP contribution in [0.1, 0.15) is 80.5 Å². The highest BCUT2D eigenvalue weighted by Crippen LogP contribution is 2.48. The molecule has 35 heavy (non-hydrogen) atoms. The van der Waals surface area contributed by atoms with Crippen LogP contribution in [0.25, 0.3) is 10.9 Å². The normalized spacial score (nSPS) is 23.9. The molecule has 2 fully saturated rings. The first kappa shape index (κ1) is 24.5. The van der Waals surface area contributed by atoms with E-state index in [4.69, 9.17) is 5.14 Å². The third-order valence-electron chi connectivity index (χ3n) is 8.87. The van der Waals surface area contributed by atoms with Crippen molar-refractivity contribution in [2.24, 2.45) is 11.1 Å². The van der Waals surface area contributed by atoms with E-state index in [0.717, 1.165) is 61.0 Å². The van der Waals surface area contributed by atoms with Crippen molar-refractivity contribution in [3.05, 3.63) is 71.4 Å². The van der Waals surface area contributed by atoms with Gasteiger partial charge in [-0.05, 0) is 75.7 Å². The Bertz CT molecular complexity index is 1270. The highest BCUT2D eigenvalue weighted by molar-refractivity contribution is 7.87. The van der Waals surface area contributed by atoms with Crippen LogP contribution in [-0.2, 0) is 22.2 Å². The quantitative estimate of drug-likeness (QED) is 0.443. The lowest BCUT2D eigenvalue weighted by atomic mass is 9.70. The smallest absolute Gasteiger partial charge is 0.300 e. The third-order valence-corrected chi connectivity index (χ3v) is 9.78. The molecule has 2 aliphatic rings. The van der Waals surface area contributed by atoms with Gasteiger partial charge in [-0.1, -0.05) is 74.2 Å². The van der Waals surface area contributed by atoms with Crippen LogP contribution < -0.4 is 5.14 Å². The standard InChI is InChI=1S/C29H39N3O2S/c1-31(2)29(24-12-4-3-5-13-24)20-18-23(19-21-29)28-26(17-16-22-10-6-7-11-22)25-14-8-9-15-27(25)32(28)35(30,33)34/h3-5,8-9,12-15,22-23H,6-7,10-11,16-21H2,1-2H3,(H2,30,33,34). The van der Waals surface area contributed by atoms with Crippen molar-refractivity contribution in [1.82, 2.24) is 8.87 Å². The van der Waals surface area contributed by atoms with Crippen molar-refractivity contribution in [2.75, 3.05) is 14.1 Å². The second-order valence-corrected chi connectivity index (χ2v) is 12.3. The van der Waals surface area contributed by atoms with Gasteiger partial charge in [0.2, 0.25) is 0 Å². The van der Waals surface area contributed by atoms with Crippen LogP contribution in [-0.4, -0.2) is 31.4 Å². The topological polar surface area (TPSA) is 68.3 Å². The third kappa shape index (κ3) is 4.56. The molecule has 6 heteroatoms. The predicted octanol–water partition coefficient (Wildman–Crippen LogP) is 5.93. The lowest BCUT2D eigenvalue weighted by Crippen LogP contribution is -2.44. The zero-order valence-electron chi connectivity index (χ0n) is 21.1. The molecule has 0 radical (unpaired) electrons. The monoisotopic (exact) mass is 493 g/mol. The molecule has 3 aromatic rings. The summed E-state index contributed by atoms with van der Waals surface area (Å²) in [5, 5.41) is 6.94. The van der Waals surface area contributed by atoms with Crippen LogP contribution in [0, 0.1) is 5.92 Å². The average molecular weight is 494 g/mol. The first-order valence-corrected chi connectivity index (χ1v) is 14.7. The van der Waals surface area contributed by atoms with Gasteiger partial charge in [0, 0.05) is 22.5 Å². The van der Waals surface area contributed by atoms with Crippen LogP contribution >= 0.6 is 0 Å². The summed E-state index contributed by atoms with van der Waals surface area (Å²) < 4.78 is 27.4. The molecular formula is C29H39N3O2S. The van der Waals surface area contributed by atoms with Crippen LogP contribution in [0.15, 0.2) is 54.6 Å². The lowest BCUT2D eigenvalue weighted by Gasteiger charge is -2.46. The molecule has 0 amide bonds. The van der Waals surface area contributed by atoms with E-state index in [2.05, 4.69) is 55.4 Å². The maximum atomic E-state index is 13.0. The van der Waals surface area contributed by atoms with Crippen LogP contribution in [0.5, 0.6) is 0 Å². The zero-order chi connectivity index (χ0) is 24.6. The Morgan fingerprint density at radius 3 is 2.20 bits per heavy atom. The maximum absolute atomic E-state index is 13.0. The molecule has 2 N–H and O–H groups in total. The fraction of sp³-hybridized carbons (Fsp3) is 0.517. The van der Waals surface area contributed by atoms with Crippen molar-refractivity contribution >= 4 is 21.1 Å².